The fraction of sp³-hybridized carbons (Fsp3) is 0.250. The molecular weight excluding hydrogens is 330 g/mol. The van der Waals surface area contributed by atoms with Gasteiger partial charge in [0, 0.05) is 11.1 Å². The van der Waals surface area contributed by atoms with E-state index in [1.54, 1.807) is 18.4 Å². The largest absolute Gasteiger partial charge is 0.497 e. The van der Waals surface area contributed by atoms with E-state index >= 15 is 0 Å². The summed E-state index contributed by atoms with van der Waals surface area (Å²) < 4.78 is 8.85. The molecule has 0 aliphatic heterocycles. The molecule has 1 N–H and O–H groups in total. The molecular formula is C20H21N3OS. The van der Waals surface area contributed by atoms with Gasteiger partial charge in [0.2, 0.25) is 0 Å². The molecule has 0 saturated heterocycles. The molecule has 0 bridgehead atoms. The molecule has 4 rings (SSSR count). The second-order valence-corrected chi connectivity index (χ2v) is 8.11. The number of methoxy groups -OCH3 is 1. The second kappa shape index (κ2) is 5.77. The van der Waals surface area contributed by atoms with Gasteiger partial charge in [-0.05, 0) is 45.0 Å². The number of rotatable bonds is 3. The lowest BCUT2D eigenvalue weighted by Crippen LogP contribution is -2.27. The van der Waals surface area contributed by atoms with Crippen molar-refractivity contribution in [1.29, 1.82) is 0 Å². The summed E-state index contributed by atoms with van der Waals surface area (Å²) in [6.07, 6.45) is 0. The third-order valence-electron chi connectivity index (χ3n) is 3.99. The highest BCUT2D eigenvalue weighted by molar-refractivity contribution is 7.23. The molecule has 0 atom stereocenters. The maximum atomic E-state index is 5.39. The molecule has 4 nitrogen and oxygen atoms in total. The number of anilines is 1. The van der Waals surface area contributed by atoms with Crippen molar-refractivity contribution in [3.63, 3.8) is 0 Å². The standard InChI is InChI=1S/C20H21N3OS/c1-20(2,3)22-18-17(13-8-7-9-14(12-13)24-4)21-19-23(18)15-10-5-6-11-16(15)25-19/h5-12,22H,1-4H3. The first-order chi connectivity index (χ1) is 12.0. The van der Waals surface area contributed by atoms with E-state index in [2.05, 4.69) is 60.8 Å². The van der Waals surface area contributed by atoms with Gasteiger partial charge in [0.25, 0.3) is 0 Å². The van der Waals surface area contributed by atoms with Crippen LogP contribution in [0.2, 0.25) is 0 Å². The van der Waals surface area contributed by atoms with Crippen molar-refractivity contribution in [2.45, 2.75) is 26.3 Å². The highest BCUT2D eigenvalue weighted by Crippen LogP contribution is 2.37. The molecule has 0 radical (unpaired) electrons. The lowest BCUT2D eigenvalue weighted by molar-refractivity contribution is 0.415. The molecule has 4 aromatic rings. The van der Waals surface area contributed by atoms with E-state index in [4.69, 9.17) is 9.72 Å². The molecule has 5 heteroatoms. The van der Waals surface area contributed by atoms with Crippen LogP contribution in [0.1, 0.15) is 20.8 Å². The van der Waals surface area contributed by atoms with E-state index in [0.717, 1.165) is 27.8 Å². The molecule has 2 heterocycles. The zero-order valence-electron chi connectivity index (χ0n) is 14.8. The number of fused-ring (bicyclic) bond motifs is 3. The van der Waals surface area contributed by atoms with Gasteiger partial charge in [-0.25, -0.2) is 4.98 Å². The first-order valence-electron chi connectivity index (χ1n) is 8.29. The Labute approximate surface area is 151 Å². The summed E-state index contributed by atoms with van der Waals surface area (Å²) in [4.78, 5) is 5.93. The quantitative estimate of drug-likeness (QED) is 0.534. The van der Waals surface area contributed by atoms with Crippen LogP contribution in [0.15, 0.2) is 48.5 Å². The maximum Gasteiger partial charge on any atom is 0.197 e. The molecule has 0 aliphatic carbocycles. The van der Waals surface area contributed by atoms with Crippen molar-refractivity contribution in [2.75, 3.05) is 12.4 Å². The SMILES string of the molecule is COc1cccc(-c2nc3sc4ccccc4n3c2NC(C)(C)C)c1. The predicted molar refractivity (Wildman–Crippen MR) is 106 cm³/mol. The van der Waals surface area contributed by atoms with E-state index in [1.807, 2.05) is 18.2 Å². The minimum atomic E-state index is -0.0768. The van der Waals surface area contributed by atoms with Crippen LogP contribution in [-0.4, -0.2) is 22.0 Å². The first-order valence-corrected chi connectivity index (χ1v) is 9.10. The third kappa shape index (κ3) is 2.85. The van der Waals surface area contributed by atoms with Gasteiger partial charge in [0.1, 0.15) is 17.3 Å². The number of nitrogens with zero attached hydrogens (tertiary/aromatic N) is 2. The molecule has 2 aromatic carbocycles. The van der Waals surface area contributed by atoms with Crippen molar-refractivity contribution in [1.82, 2.24) is 9.38 Å². The van der Waals surface area contributed by atoms with E-state index in [1.165, 1.54) is 10.2 Å². The van der Waals surface area contributed by atoms with Crippen LogP contribution < -0.4 is 10.1 Å². The highest BCUT2D eigenvalue weighted by atomic mass is 32.1. The van der Waals surface area contributed by atoms with Crippen LogP contribution in [-0.2, 0) is 0 Å². The Hall–Kier alpha value is -2.53. The Kier molecular flexibility index (Phi) is 3.69. The summed E-state index contributed by atoms with van der Waals surface area (Å²) in [7, 11) is 1.69. The van der Waals surface area contributed by atoms with Gasteiger partial charge >= 0.3 is 0 Å². The topological polar surface area (TPSA) is 38.6 Å². The van der Waals surface area contributed by atoms with Crippen molar-refractivity contribution >= 4 is 32.3 Å². The van der Waals surface area contributed by atoms with Crippen molar-refractivity contribution in [2.24, 2.45) is 0 Å². The monoisotopic (exact) mass is 351 g/mol. The van der Waals surface area contributed by atoms with Crippen LogP contribution in [0.5, 0.6) is 5.75 Å². The smallest absolute Gasteiger partial charge is 0.197 e. The third-order valence-corrected chi connectivity index (χ3v) is 5.01. The Morgan fingerprint density at radius 3 is 2.64 bits per heavy atom. The van der Waals surface area contributed by atoms with Crippen LogP contribution >= 0.6 is 11.3 Å². The van der Waals surface area contributed by atoms with Gasteiger partial charge in [-0.2, -0.15) is 0 Å². The zero-order valence-corrected chi connectivity index (χ0v) is 15.6. The average molecular weight is 351 g/mol. The Morgan fingerprint density at radius 1 is 1.08 bits per heavy atom. The minimum absolute atomic E-state index is 0.0768. The van der Waals surface area contributed by atoms with E-state index in [-0.39, 0.29) is 5.54 Å². The van der Waals surface area contributed by atoms with Gasteiger partial charge in [-0.3, -0.25) is 4.40 Å². The number of imidazole rings is 1. The molecule has 0 saturated carbocycles. The van der Waals surface area contributed by atoms with Gasteiger partial charge in [0.05, 0.1) is 17.3 Å². The molecule has 0 amide bonds. The lowest BCUT2D eigenvalue weighted by atomic mass is 10.1. The molecule has 128 valence electrons. The number of para-hydroxylation sites is 1. The van der Waals surface area contributed by atoms with Crippen LogP contribution in [0.3, 0.4) is 0 Å². The van der Waals surface area contributed by atoms with Crippen molar-refractivity contribution < 1.29 is 4.74 Å². The number of hydrogen-bond donors (Lipinski definition) is 1. The summed E-state index contributed by atoms with van der Waals surface area (Å²) in [5.74, 6) is 1.86. The molecule has 25 heavy (non-hydrogen) atoms. The number of hydrogen-bond acceptors (Lipinski definition) is 4. The average Bonchev–Trinajstić information content (AvgIpc) is 3.10. The molecule has 0 unspecified atom stereocenters. The summed E-state index contributed by atoms with van der Waals surface area (Å²) in [5, 5.41) is 3.65. The van der Waals surface area contributed by atoms with E-state index < -0.39 is 0 Å². The van der Waals surface area contributed by atoms with Gasteiger partial charge in [-0.1, -0.05) is 35.6 Å². The minimum Gasteiger partial charge on any atom is -0.497 e. The Morgan fingerprint density at radius 2 is 1.88 bits per heavy atom. The second-order valence-electron chi connectivity index (χ2n) is 7.10. The summed E-state index contributed by atoms with van der Waals surface area (Å²) in [6, 6.07) is 16.5. The summed E-state index contributed by atoms with van der Waals surface area (Å²) in [6.45, 7) is 6.49. The van der Waals surface area contributed by atoms with E-state index in [9.17, 15) is 0 Å². The zero-order chi connectivity index (χ0) is 17.6. The molecule has 0 aliphatic rings. The molecule has 0 fully saturated rings. The van der Waals surface area contributed by atoms with Crippen molar-refractivity contribution in [3.8, 4) is 17.0 Å². The van der Waals surface area contributed by atoms with Gasteiger partial charge in [0.15, 0.2) is 4.96 Å². The molecule has 2 aromatic heterocycles. The number of benzene rings is 2. The number of ether oxygens (including phenoxy) is 1. The summed E-state index contributed by atoms with van der Waals surface area (Å²) in [5.41, 5.74) is 3.10. The summed E-state index contributed by atoms with van der Waals surface area (Å²) >= 11 is 1.71. The number of thiazole rings is 1. The molecule has 0 spiro atoms. The van der Waals surface area contributed by atoms with Crippen LogP contribution in [0, 0.1) is 0 Å². The van der Waals surface area contributed by atoms with Crippen LogP contribution in [0.25, 0.3) is 26.4 Å². The fourth-order valence-electron chi connectivity index (χ4n) is 2.96. The lowest BCUT2D eigenvalue weighted by Gasteiger charge is -2.22. The van der Waals surface area contributed by atoms with E-state index in [0.29, 0.717) is 0 Å². The first kappa shape index (κ1) is 16.0. The number of nitrogens with one attached hydrogen (secondary N) is 1. The predicted octanol–water partition coefficient (Wildman–Crippen LogP) is 5.44. The van der Waals surface area contributed by atoms with Crippen molar-refractivity contribution in [3.05, 3.63) is 48.5 Å². The highest BCUT2D eigenvalue weighted by Gasteiger charge is 2.22. The van der Waals surface area contributed by atoms with Gasteiger partial charge < -0.3 is 10.1 Å². The van der Waals surface area contributed by atoms with Gasteiger partial charge in [-0.15, -0.1) is 0 Å². The number of aromatic nitrogens is 2. The Balaban J connectivity index is 2.01. The normalized spacial score (nSPS) is 12.0. The fourth-order valence-corrected chi connectivity index (χ4v) is 3.99. The maximum absolute atomic E-state index is 5.39. The van der Waals surface area contributed by atoms with Crippen LogP contribution in [0.4, 0.5) is 5.82 Å². The Bertz CT molecular complexity index is 1060.